The maximum absolute atomic E-state index is 12.7. The Morgan fingerprint density at radius 2 is 2.07 bits per heavy atom. The van der Waals surface area contributed by atoms with Crippen LogP contribution in [0.3, 0.4) is 0 Å². The number of aromatic nitrogens is 1. The Kier molecular flexibility index (Phi) is 5.00. The molecular weight excluding hydrogens is 374 g/mol. The molecule has 1 saturated heterocycles. The van der Waals surface area contributed by atoms with Crippen LogP contribution in [0.25, 0.3) is 10.2 Å². The Hall–Kier alpha value is -2.93. The Balaban J connectivity index is 1.45. The van der Waals surface area contributed by atoms with E-state index in [0.717, 1.165) is 28.1 Å². The lowest BCUT2D eigenvalue weighted by atomic mass is 10.1. The highest BCUT2D eigenvalue weighted by Crippen LogP contribution is 2.30. The molecule has 28 heavy (non-hydrogen) atoms. The molecule has 1 N–H and O–H groups in total. The summed E-state index contributed by atoms with van der Waals surface area (Å²) in [5.41, 5.74) is 2.89. The molecule has 0 aliphatic carbocycles. The lowest BCUT2D eigenvalue weighted by Gasteiger charge is -2.16. The molecule has 6 nitrogen and oxygen atoms in total. The summed E-state index contributed by atoms with van der Waals surface area (Å²) in [4.78, 5) is 31.2. The highest BCUT2D eigenvalue weighted by Gasteiger charge is 2.35. The van der Waals surface area contributed by atoms with Gasteiger partial charge in [-0.15, -0.1) is 0 Å². The summed E-state index contributed by atoms with van der Waals surface area (Å²) < 4.78 is 6.20. The number of carbonyl (C=O) groups excluding carboxylic acids is 2. The first-order chi connectivity index (χ1) is 13.6. The quantitative estimate of drug-likeness (QED) is 0.712. The van der Waals surface area contributed by atoms with Crippen LogP contribution in [0.15, 0.2) is 42.5 Å². The topological polar surface area (TPSA) is 71.5 Å². The fourth-order valence-corrected chi connectivity index (χ4v) is 4.28. The lowest BCUT2D eigenvalue weighted by Crippen LogP contribution is -2.28. The normalized spacial score (nSPS) is 16.6. The van der Waals surface area contributed by atoms with Gasteiger partial charge in [0.2, 0.25) is 11.8 Å². The highest BCUT2D eigenvalue weighted by atomic mass is 32.1. The van der Waals surface area contributed by atoms with E-state index in [9.17, 15) is 9.59 Å². The van der Waals surface area contributed by atoms with Crippen LogP contribution < -0.4 is 15.0 Å². The van der Waals surface area contributed by atoms with E-state index in [1.165, 1.54) is 16.9 Å². The summed E-state index contributed by atoms with van der Waals surface area (Å²) in [6.45, 7) is 2.47. The van der Waals surface area contributed by atoms with Crippen molar-refractivity contribution in [2.75, 3.05) is 23.9 Å². The molecule has 0 bridgehead atoms. The van der Waals surface area contributed by atoms with Crippen LogP contribution >= 0.6 is 11.3 Å². The number of nitrogens with one attached hydrogen (secondary N) is 1. The van der Waals surface area contributed by atoms with Crippen LogP contribution in [0.5, 0.6) is 5.75 Å². The summed E-state index contributed by atoms with van der Waals surface area (Å²) in [5.74, 6) is 0.112. The number of methoxy groups -OCH3 is 1. The summed E-state index contributed by atoms with van der Waals surface area (Å²) in [7, 11) is 1.60. The van der Waals surface area contributed by atoms with Crippen LogP contribution in [-0.4, -0.2) is 30.5 Å². The van der Waals surface area contributed by atoms with Crippen LogP contribution in [-0.2, 0) is 16.0 Å². The molecule has 1 unspecified atom stereocenters. The zero-order chi connectivity index (χ0) is 19.7. The first kappa shape index (κ1) is 18.4. The second-order valence-corrected chi connectivity index (χ2v) is 7.80. The minimum absolute atomic E-state index is 0.0535. The van der Waals surface area contributed by atoms with Crippen molar-refractivity contribution in [3.05, 3.63) is 48.0 Å². The van der Waals surface area contributed by atoms with E-state index in [2.05, 4.69) is 29.4 Å². The Bertz CT molecular complexity index is 1030. The Morgan fingerprint density at radius 3 is 2.79 bits per heavy atom. The molecule has 0 saturated carbocycles. The maximum Gasteiger partial charge on any atom is 0.231 e. The number of anilines is 2. The largest absolute Gasteiger partial charge is 0.497 e. The minimum Gasteiger partial charge on any atom is -0.497 e. The maximum atomic E-state index is 12.7. The Morgan fingerprint density at radius 1 is 1.29 bits per heavy atom. The van der Waals surface area contributed by atoms with Crippen molar-refractivity contribution in [2.45, 2.75) is 19.8 Å². The van der Waals surface area contributed by atoms with Crippen molar-refractivity contribution in [2.24, 2.45) is 5.92 Å². The number of ether oxygens (including phenoxy) is 1. The average Bonchev–Trinajstić information content (AvgIpc) is 3.30. The molecule has 144 valence electrons. The molecule has 1 aromatic heterocycles. The lowest BCUT2D eigenvalue weighted by molar-refractivity contribution is -0.122. The number of thiazole rings is 1. The Labute approximate surface area is 167 Å². The summed E-state index contributed by atoms with van der Waals surface area (Å²) in [6.07, 6.45) is 1.16. The van der Waals surface area contributed by atoms with Crippen molar-refractivity contribution in [3.8, 4) is 5.75 Å². The highest BCUT2D eigenvalue weighted by molar-refractivity contribution is 7.22. The molecule has 2 heterocycles. The molecular formula is C21H21N3O3S. The number of nitrogens with zero attached hydrogens (tertiary/aromatic N) is 2. The van der Waals surface area contributed by atoms with Gasteiger partial charge in [0.1, 0.15) is 5.75 Å². The van der Waals surface area contributed by atoms with Gasteiger partial charge in [-0.05, 0) is 48.4 Å². The SMILES string of the molecule is CCc1ccc2nc(NC(=O)C3CC(=O)N(c4ccc(OC)cc4)C3)sc2c1. The molecule has 4 rings (SSSR count). The predicted octanol–water partition coefficient (Wildman–Crippen LogP) is 3.86. The minimum atomic E-state index is -0.396. The number of amides is 2. The van der Waals surface area contributed by atoms with Gasteiger partial charge in [0.05, 0.1) is 23.2 Å². The van der Waals surface area contributed by atoms with Crippen LogP contribution in [0, 0.1) is 5.92 Å². The smallest absolute Gasteiger partial charge is 0.231 e. The molecule has 0 radical (unpaired) electrons. The number of fused-ring (bicyclic) bond motifs is 1. The third-order valence-electron chi connectivity index (χ3n) is 4.97. The van der Waals surface area contributed by atoms with E-state index in [1.54, 1.807) is 12.0 Å². The van der Waals surface area contributed by atoms with Crippen molar-refractivity contribution in [1.29, 1.82) is 0 Å². The van der Waals surface area contributed by atoms with E-state index in [1.807, 2.05) is 30.3 Å². The monoisotopic (exact) mass is 395 g/mol. The van der Waals surface area contributed by atoms with E-state index >= 15 is 0 Å². The van der Waals surface area contributed by atoms with Gasteiger partial charge in [-0.3, -0.25) is 9.59 Å². The third kappa shape index (κ3) is 3.57. The van der Waals surface area contributed by atoms with E-state index in [-0.39, 0.29) is 18.2 Å². The number of aryl methyl sites for hydroxylation is 1. The number of carbonyl (C=O) groups is 2. The second-order valence-electron chi connectivity index (χ2n) is 6.77. The number of hydrogen-bond acceptors (Lipinski definition) is 5. The van der Waals surface area contributed by atoms with Crippen LogP contribution in [0.2, 0.25) is 0 Å². The van der Waals surface area contributed by atoms with Crippen molar-refractivity contribution < 1.29 is 14.3 Å². The number of benzene rings is 2. The average molecular weight is 395 g/mol. The summed E-state index contributed by atoms with van der Waals surface area (Å²) >= 11 is 1.46. The number of rotatable bonds is 5. The second kappa shape index (κ2) is 7.59. The van der Waals surface area contributed by atoms with Gasteiger partial charge in [-0.25, -0.2) is 4.98 Å². The van der Waals surface area contributed by atoms with Gasteiger partial charge in [-0.1, -0.05) is 24.3 Å². The van der Waals surface area contributed by atoms with E-state index in [4.69, 9.17) is 4.74 Å². The molecule has 1 fully saturated rings. The molecule has 1 aliphatic rings. The van der Waals surface area contributed by atoms with Gasteiger partial charge in [0, 0.05) is 18.7 Å². The van der Waals surface area contributed by atoms with Gasteiger partial charge in [0.25, 0.3) is 0 Å². The van der Waals surface area contributed by atoms with Gasteiger partial charge >= 0.3 is 0 Å². The van der Waals surface area contributed by atoms with Gasteiger partial charge < -0.3 is 15.0 Å². The molecule has 2 aromatic carbocycles. The zero-order valence-electron chi connectivity index (χ0n) is 15.8. The van der Waals surface area contributed by atoms with E-state index in [0.29, 0.717) is 11.7 Å². The first-order valence-electron chi connectivity index (χ1n) is 9.22. The van der Waals surface area contributed by atoms with Gasteiger partial charge in [-0.2, -0.15) is 0 Å². The molecule has 0 spiro atoms. The fourth-order valence-electron chi connectivity index (χ4n) is 3.34. The van der Waals surface area contributed by atoms with Crippen molar-refractivity contribution in [1.82, 2.24) is 4.98 Å². The van der Waals surface area contributed by atoms with Crippen molar-refractivity contribution >= 4 is 44.2 Å². The predicted molar refractivity (Wildman–Crippen MR) is 111 cm³/mol. The standard InChI is InChI=1S/C21H21N3O3S/c1-3-13-4-9-17-18(10-13)28-21(22-17)23-20(26)14-11-19(25)24(12-14)15-5-7-16(27-2)8-6-15/h4-10,14H,3,11-12H2,1-2H3,(H,22,23,26). The van der Waals surface area contributed by atoms with Crippen molar-refractivity contribution in [3.63, 3.8) is 0 Å². The molecule has 1 aliphatic heterocycles. The fraction of sp³-hybridized carbons (Fsp3) is 0.286. The van der Waals surface area contributed by atoms with E-state index < -0.39 is 5.92 Å². The first-order valence-corrected chi connectivity index (χ1v) is 10.0. The van der Waals surface area contributed by atoms with Crippen LogP contribution in [0.4, 0.5) is 10.8 Å². The zero-order valence-corrected chi connectivity index (χ0v) is 16.6. The molecule has 7 heteroatoms. The van der Waals surface area contributed by atoms with Crippen LogP contribution in [0.1, 0.15) is 18.9 Å². The summed E-state index contributed by atoms with van der Waals surface area (Å²) in [5, 5.41) is 3.46. The number of hydrogen-bond donors (Lipinski definition) is 1. The molecule has 3 aromatic rings. The summed E-state index contributed by atoms with van der Waals surface area (Å²) in [6, 6.07) is 13.4. The molecule has 2 amide bonds. The molecule has 1 atom stereocenters. The van der Waals surface area contributed by atoms with Gasteiger partial charge in [0.15, 0.2) is 5.13 Å². The third-order valence-corrected chi connectivity index (χ3v) is 5.90.